The Morgan fingerprint density at radius 1 is 0.591 bits per heavy atom. The lowest BCUT2D eigenvalue weighted by atomic mass is 9.49. The van der Waals surface area contributed by atoms with Gasteiger partial charge >= 0.3 is 0 Å². The van der Waals surface area contributed by atoms with E-state index in [1.165, 1.54) is 0 Å². The van der Waals surface area contributed by atoms with E-state index < -0.39 is 0 Å². The summed E-state index contributed by atoms with van der Waals surface area (Å²) in [5.74, 6) is -0.371. The van der Waals surface area contributed by atoms with Gasteiger partial charge < -0.3 is 10.6 Å². The molecule has 4 atom stereocenters. The van der Waals surface area contributed by atoms with Crippen LogP contribution in [0.15, 0.2) is 48.5 Å². The van der Waals surface area contributed by atoms with E-state index in [9.17, 15) is 9.59 Å². The Balaban J connectivity index is 1.71. The average molecular weight is 290 g/mol. The number of hydrogen-bond acceptors (Lipinski definition) is 2. The fourth-order valence-corrected chi connectivity index (χ4v) is 4.41. The molecule has 1 saturated carbocycles. The van der Waals surface area contributed by atoms with Gasteiger partial charge in [-0.25, -0.2) is 0 Å². The Bertz CT molecular complexity index is 760. The molecule has 2 aromatic carbocycles. The summed E-state index contributed by atoms with van der Waals surface area (Å²) in [6.07, 6.45) is 0. The van der Waals surface area contributed by atoms with Gasteiger partial charge in [0.2, 0.25) is 11.8 Å². The SMILES string of the molecule is O=C1Nc2ccccc2C2C1C1C(=O)Nc3ccccc3C12. The summed E-state index contributed by atoms with van der Waals surface area (Å²) in [5, 5.41) is 5.90. The zero-order valence-corrected chi connectivity index (χ0v) is 11.7. The zero-order chi connectivity index (χ0) is 14.8. The molecule has 0 saturated heterocycles. The number of rotatable bonds is 0. The minimum Gasteiger partial charge on any atom is -0.326 e. The number of carbonyl (C=O) groups is 2. The molecule has 1 fully saturated rings. The topological polar surface area (TPSA) is 58.2 Å². The second-order valence-electron chi connectivity index (χ2n) is 6.26. The highest BCUT2D eigenvalue weighted by Gasteiger charge is 2.62. The molecule has 0 aromatic heterocycles. The van der Waals surface area contributed by atoms with Crippen molar-refractivity contribution in [3.05, 3.63) is 59.7 Å². The van der Waals surface area contributed by atoms with Crippen molar-refractivity contribution in [2.45, 2.75) is 11.8 Å². The van der Waals surface area contributed by atoms with Crippen LogP contribution in [-0.4, -0.2) is 11.8 Å². The van der Waals surface area contributed by atoms with Crippen molar-refractivity contribution in [1.82, 2.24) is 0 Å². The Morgan fingerprint density at radius 2 is 1.00 bits per heavy atom. The molecule has 2 heterocycles. The molecule has 0 spiro atoms. The first kappa shape index (κ1) is 12.0. The number of anilines is 2. The highest BCUT2D eigenvalue weighted by molar-refractivity contribution is 6.06. The fraction of sp³-hybridized carbons (Fsp3) is 0.222. The monoisotopic (exact) mass is 290 g/mol. The molecule has 2 aromatic rings. The number of hydrogen-bond donors (Lipinski definition) is 2. The van der Waals surface area contributed by atoms with Gasteiger partial charge in [0.1, 0.15) is 0 Å². The van der Waals surface area contributed by atoms with E-state index >= 15 is 0 Å². The molecule has 5 rings (SSSR count). The number of carbonyl (C=O) groups excluding carboxylic acids is 2. The van der Waals surface area contributed by atoms with E-state index in [1.807, 2.05) is 36.4 Å². The third-order valence-corrected chi connectivity index (χ3v) is 5.31. The van der Waals surface area contributed by atoms with Crippen molar-refractivity contribution in [2.75, 3.05) is 10.6 Å². The van der Waals surface area contributed by atoms with Crippen LogP contribution in [0.3, 0.4) is 0 Å². The second kappa shape index (κ2) is 3.97. The molecule has 0 bridgehead atoms. The Hall–Kier alpha value is -2.62. The predicted octanol–water partition coefficient (Wildman–Crippen LogP) is 2.70. The molecule has 0 radical (unpaired) electrons. The molecule has 2 N–H and O–H groups in total. The van der Waals surface area contributed by atoms with Gasteiger partial charge in [-0.05, 0) is 23.3 Å². The van der Waals surface area contributed by atoms with Gasteiger partial charge in [-0.2, -0.15) is 0 Å². The van der Waals surface area contributed by atoms with Crippen molar-refractivity contribution in [2.24, 2.45) is 11.8 Å². The van der Waals surface area contributed by atoms with Crippen molar-refractivity contribution < 1.29 is 9.59 Å². The fourth-order valence-electron chi connectivity index (χ4n) is 4.41. The maximum absolute atomic E-state index is 12.4. The zero-order valence-electron chi connectivity index (χ0n) is 11.7. The molecule has 108 valence electrons. The quantitative estimate of drug-likeness (QED) is 0.783. The van der Waals surface area contributed by atoms with Crippen LogP contribution in [0.4, 0.5) is 11.4 Å². The van der Waals surface area contributed by atoms with Gasteiger partial charge in [0.25, 0.3) is 0 Å². The van der Waals surface area contributed by atoms with Gasteiger partial charge in [0.15, 0.2) is 0 Å². The van der Waals surface area contributed by atoms with Gasteiger partial charge in [-0.3, -0.25) is 9.59 Å². The Morgan fingerprint density at radius 3 is 1.45 bits per heavy atom. The van der Waals surface area contributed by atoms with Crippen LogP contribution in [0.5, 0.6) is 0 Å². The molecule has 2 amide bonds. The van der Waals surface area contributed by atoms with Crippen LogP contribution < -0.4 is 10.6 Å². The highest BCUT2D eigenvalue weighted by Crippen LogP contribution is 2.63. The highest BCUT2D eigenvalue weighted by atomic mass is 16.2. The van der Waals surface area contributed by atoms with Crippen molar-refractivity contribution >= 4 is 23.2 Å². The molecule has 4 nitrogen and oxygen atoms in total. The molecular formula is C18H14N2O2. The van der Waals surface area contributed by atoms with Crippen LogP contribution in [0.1, 0.15) is 23.0 Å². The van der Waals surface area contributed by atoms with Crippen molar-refractivity contribution in [3.63, 3.8) is 0 Å². The number of para-hydroxylation sites is 2. The van der Waals surface area contributed by atoms with Crippen LogP contribution in [-0.2, 0) is 9.59 Å². The average Bonchev–Trinajstić information content (AvgIpc) is 2.49. The Kier molecular flexibility index (Phi) is 2.16. The first-order valence-electron chi connectivity index (χ1n) is 7.55. The first-order valence-corrected chi connectivity index (χ1v) is 7.55. The maximum Gasteiger partial charge on any atom is 0.228 e. The normalized spacial score (nSPS) is 30.7. The summed E-state index contributed by atoms with van der Waals surface area (Å²) in [7, 11) is 0. The number of amides is 2. The molecule has 3 aliphatic rings. The molecular weight excluding hydrogens is 276 g/mol. The van der Waals surface area contributed by atoms with E-state index in [1.54, 1.807) is 0 Å². The van der Waals surface area contributed by atoms with E-state index in [2.05, 4.69) is 22.8 Å². The number of benzene rings is 2. The van der Waals surface area contributed by atoms with Crippen molar-refractivity contribution in [3.8, 4) is 0 Å². The maximum atomic E-state index is 12.4. The predicted molar refractivity (Wildman–Crippen MR) is 82.6 cm³/mol. The third kappa shape index (κ3) is 1.32. The summed E-state index contributed by atoms with van der Waals surface area (Å²) in [6, 6.07) is 15.9. The summed E-state index contributed by atoms with van der Waals surface area (Å²) in [6.45, 7) is 0. The van der Waals surface area contributed by atoms with Crippen LogP contribution in [0.2, 0.25) is 0 Å². The molecule has 2 aliphatic heterocycles. The largest absolute Gasteiger partial charge is 0.326 e. The van der Waals surface area contributed by atoms with Gasteiger partial charge in [0, 0.05) is 23.2 Å². The first-order chi connectivity index (χ1) is 10.8. The summed E-state index contributed by atoms with van der Waals surface area (Å²) in [4.78, 5) is 24.9. The van der Waals surface area contributed by atoms with E-state index in [0.717, 1.165) is 22.5 Å². The van der Waals surface area contributed by atoms with Gasteiger partial charge in [0.05, 0.1) is 11.8 Å². The minimum absolute atomic E-state index is 0.0283. The lowest BCUT2D eigenvalue weighted by Crippen LogP contribution is -2.58. The molecule has 4 heteroatoms. The van der Waals surface area contributed by atoms with Crippen LogP contribution in [0.25, 0.3) is 0 Å². The summed E-state index contributed by atoms with van der Waals surface area (Å²) in [5.41, 5.74) is 4.07. The minimum atomic E-state index is -0.256. The standard InChI is InChI=1S/C18H14N2O2/c21-17-15-13(9-5-1-3-7-11(9)19-17)14-10-6-2-4-8-12(10)20-18(22)16(14)15/h1-8,13-16H,(H,19,21)(H,20,22). The van der Waals surface area contributed by atoms with Crippen molar-refractivity contribution in [1.29, 1.82) is 0 Å². The second-order valence-corrected chi connectivity index (χ2v) is 6.26. The van der Waals surface area contributed by atoms with E-state index in [4.69, 9.17) is 0 Å². The number of nitrogens with one attached hydrogen (secondary N) is 2. The smallest absolute Gasteiger partial charge is 0.228 e. The Labute approximate surface area is 127 Å². The summed E-state index contributed by atoms with van der Waals surface area (Å²) < 4.78 is 0. The molecule has 22 heavy (non-hydrogen) atoms. The molecule has 1 aliphatic carbocycles. The van der Waals surface area contributed by atoms with Gasteiger partial charge in [-0.15, -0.1) is 0 Å². The lowest BCUT2D eigenvalue weighted by molar-refractivity contribution is -0.139. The van der Waals surface area contributed by atoms with Crippen LogP contribution in [0, 0.1) is 11.8 Å². The number of fused-ring (bicyclic) bond motifs is 8. The van der Waals surface area contributed by atoms with E-state index in [0.29, 0.717) is 0 Å². The third-order valence-electron chi connectivity index (χ3n) is 5.31. The summed E-state index contributed by atoms with van der Waals surface area (Å²) >= 11 is 0. The van der Waals surface area contributed by atoms with E-state index in [-0.39, 0.29) is 35.5 Å². The van der Waals surface area contributed by atoms with Crippen LogP contribution >= 0.6 is 0 Å². The molecule has 4 unspecified atom stereocenters. The lowest BCUT2D eigenvalue weighted by Gasteiger charge is -2.55. The van der Waals surface area contributed by atoms with Gasteiger partial charge in [-0.1, -0.05) is 36.4 Å².